The Bertz CT molecular complexity index is 655. The van der Waals surface area contributed by atoms with Crippen LogP contribution in [0.4, 0.5) is 5.82 Å². The van der Waals surface area contributed by atoms with Gasteiger partial charge in [-0.05, 0) is 25.2 Å². The largest absolute Gasteiger partial charge is 0.383 e. The van der Waals surface area contributed by atoms with Crippen molar-refractivity contribution in [3.05, 3.63) is 17.6 Å². The topological polar surface area (TPSA) is 101 Å². The van der Waals surface area contributed by atoms with E-state index < -0.39 is 6.04 Å². The number of hydrogen-bond acceptors (Lipinski definition) is 5. The molecule has 1 aromatic rings. The number of carbonyl (C=O) groups is 2. The highest BCUT2D eigenvalue weighted by Crippen LogP contribution is 2.32. The van der Waals surface area contributed by atoms with Gasteiger partial charge in [0, 0.05) is 25.2 Å². The molecule has 0 aromatic carbocycles. The number of hydrogen-bond donors (Lipinski definition) is 2. The Balaban J connectivity index is 1.82. The van der Waals surface area contributed by atoms with E-state index in [2.05, 4.69) is 15.3 Å². The van der Waals surface area contributed by atoms with E-state index in [9.17, 15) is 9.59 Å². The van der Waals surface area contributed by atoms with E-state index in [4.69, 9.17) is 5.73 Å². The first-order chi connectivity index (χ1) is 12.0. The van der Waals surface area contributed by atoms with Crippen LogP contribution in [0.15, 0.2) is 6.20 Å². The zero-order chi connectivity index (χ0) is 18.0. The van der Waals surface area contributed by atoms with Crippen LogP contribution in [-0.2, 0) is 4.79 Å². The molecule has 3 rings (SSSR count). The molecule has 1 saturated carbocycles. The zero-order valence-electron chi connectivity index (χ0n) is 15.0. The molecule has 2 heterocycles. The average molecular weight is 345 g/mol. The van der Waals surface area contributed by atoms with Crippen LogP contribution in [0.1, 0.15) is 68.1 Å². The third-order valence-electron chi connectivity index (χ3n) is 5.07. The van der Waals surface area contributed by atoms with Crippen molar-refractivity contribution >= 4 is 17.6 Å². The van der Waals surface area contributed by atoms with Crippen LogP contribution in [0, 0.1) is 5.92 Å². The Kier molecular flexibility index (Phi) is 5.20. The average Bonchev–Trinajstić information content (AvgIpc) is 3.10. The monoisotopic (exact) mass is 345 g/mol. The van der Waals surface area contributed by atoms with Crippen molar-refractivity contribution in [2.24, 2.45) is 5.92 Å². The summed E-state index contributed by atoms with van der Waals surface area (Å²) in [7, 11) is 0. The lowest BCUT2D eigenvalue weighted by Gasteiger charge is -2.36. The molecule has 7 heteroatoms. The van der Waals surface area contributed by atoms with Gasteiger partial charge in [0.25, 0.3) is 5.91 Å². The molecule has 1 saturated heterocycles. The Morgan fingerprint density at radius 3 is 2.76 bits per heavy atom. The second-order valence-corrected chi connectivity index (χ2v) is 7.44. The number of aromatic nitrogens is 2. The SMILES string of the molecule is CC(C)CC1C(=O)NCCN1C(=O)c1cnc(C2CCCC2)nc1N. The number of nitrogens with zero attached hydrogens (tertiary/aromatic N) is 3. The smallest absolute Gasteiger partial charge is 0.259 e. The molecule has 2 amide bonds. The van der Waals surface area contributed by atoms with Crippen LogP contribution in [0.5, 0.6) is 0 Å². The number of nitrogen functional groups attached to an aromatic ring is 1. The van der Waals surface area contributed by atoms with Crippen molar-refractivity contribution in [2.75, 3.05) is 18.8 Å². The standard InChI is InChI=1S/C18H27N5O2/c1-11(2)9-14-17(24)20-7-8-23(14)18(25)13-10-21-16(22-15(13)19)12-5-3-4-6-12/h10-12,14H,3-9H2,1-2H3,(H,20,24)(H2,19,21,22). The predicted octanol–water partition coefficient (Wildman–Crippen LogP) is 1.70. The van der Waals surface area contributed by atoms with Gasteiger partial charge in [0.1, 0.15) is 23.2 Å². The summed E-state index contributed by atoms with van der Waals surface area (Å²) in [6.07, 6.45) is 6.70. The van der Waals surface area contributed by atoms with Crippen molar-refractivity contribution in [2.45, 2.75) is 57.9 Å². The molecule has 1 unspecified atom stereocenters. The molecule has 0 spiro atoms. The van der Waals surface area contributed by atoms with Crippen LogP contribution < -0.4 is 11.1 Å². The van der Waals surface area contributed by atoms with E-state index >= 15 is 0 Å². The second kappa shape index (κ2) is 7.37. The van der Waals surface area contributed by atoms with Gasteiger partial charge in [0.2, 0.25) is 5.91 Å². The highest BCUT2D eigenvalue weighted by atomic mass is 16.2. The van der Waals surface area contributed by atoms with Gasteiger partial charge >= 0.3 is 0 Å². The molecule has 7 nitrogen and oxygen atoms in total. The molecule has 1 aliphatic carbocycles. The summed E-state index contributed by atoms with van der Waals surface area (Å²) in [4.78, 5) is 35.6. The number of piperazine rings is 1. The molecule has 3 N–H and O–H groups in total. The Morgan fingerprint density at radius 1 is 1.40 bits per heavy atom. The Hall–Kier alpha value is -2.18. The fraction of sp³-hybridized carbons (Fsp3) is 0.667. The highest BCUT2D eigenvalue weighted by Gasteiger charge is 2.35. The first-order valence-electron chi connectivity index (χ1n) is 9.18. The van der Waals surface area contributed by atoms with Gasteiger partial charge in [0.15, 0.2) is 0 Å². The van der Waals surface area contributed by atoms with Crippen molar-refractivity contribution < 1.29 is 9.59 Å². The highest BCUT2D eigenvalue weighted by molar-refractivity contribution is 6.01. The lowest BCUT2D eigenvalue weighted by atomic mass is 9.99. The number of amides is 2. The van der Waals surface area contributed by atoms with Gasteiger partial charge in [-0.15, -0.1) is 0 Å². The number of nitrogens with one attached hydrogen (secondary N) is 1. The molecule has 1 aliphatic heterocycles. The second-order valence-electron chi connectivity index (χ2n) is 7.44. The summed E-state index contributed by atoms with van der Waals surface area (Å²) in [6.45, 7) is 5.02. The van der Waals surface area contributed by atoms with E-state index in [0.717, 1.165) is 18.7 Å². The fourth-order valence-electron chi connectivity index (χ4n) is 3.75. The van der Waals surface area contributed by atoms with Crippen molar-refractivity contribution in [3.63, 3.8) is 0 Å². The zero-order valence-corrected chi connectivity index (χ0v) is 15.0. The number of nitrogens with two attached hydrogens (primary N) is 1. The van der Waals surface area contributed by atoms with Crippen LogP contribution >= 0.6 is 0 Å². The minimum atomic E-state index is -0.463. The van der Waals surface area contributed by atoms with Crippen molar-refractivity contribution in [3.8, 4) is 0 Å². The molecule has 2 fully saturated rings. The van der Waals surface area contributed by atoms with E-state index in [0.29, 0.717) is 36.9 Å². The Labute approximate surface area is 148 Å². The minimum Gasteiger partial charge on any atom is -0.383 e. The lowest BCUT2D eigenvalue weighted by molar-refractivity contribution is -0.128. The van der Waals surface area contributed by atoms with Crippen LogP contribution in [0.2, 0.25) is 0 Å². The summed E-state index contributed by atoms with van der Waals surface area (Å²) >= 11 is 0. The lowest BCUT2D eigenvalue weighted by Crippen LogP contribution is -2.57. The first-order valence-corrected chi connectivity index (χ1v) is 9.18. The summed E-state index contributed by atoms with van der Waals surface area (Å²) < 4.78 is 0. The van der Waals surface area contributed by atoms with Crippen LogP contribution in [-0.4, -0.2) is 45.8 Å². The Morgan fingerprint density at radius 2 is 2.12 bits per heavy atom. The quantitative estimate of drug-likeness (QED) is 0.865. The van der Waals surface area contributed by atoms with Gasteiger partial charge in [-0.25, -0.2) is 9.97 Å². The molecule has 1 atom stereocenters. The van der Waals surface area contributed by atoms with E-state index in [1.165, 1.54) is 19.0 Å². The van der Waals surface area contributed by atoms with E-state index in [-0.39, 0.29) is 17.6 Å². The maximum atomic E-state index is 13.0. The third-order valence-corrected chi connectivity index (χ3v) is 5.07. The summed E-state index contributed by atoms with van der Waals surface area (Å²) in [5.41, 5.74) is 6.38. The van der Waals surface area contributed by atoms with Gasteiger partial charge in [-0.3, -0.25) is 9.59 Å². The minimum absolute atomic E-state index is 0.102. The maximum absolute atomic E-state index is 13.0. The fourth-order valence-corrected chi connectivity index (χ4v) is 3.75. The maximum Gasteiger partial charge on any atom is 0.259 e. The molecule has 1 aromatic heterocycles. The molecule has 136 valence electrons. The molecular formula is C18H27N5O2. The summed E-state index contributed by atoms with van der Waals surface area (Å²) in [5.74, 6) is 1.26. The van der Waals surface area contributed by atoms with Gasteiger partial charge in [-0.2, -0.15) is 0 Å². The molecular weight excluding hydrogens is 318 g/mol. The number of rotatable bonds is 4. The van der Waals surface area contributed by atoms with Gasteiger partial charge in [-0.1, -0.05) is 26.7 Å². The molecule has 25 heavy (non-hydrogen) atoms. The van der Waals surface area contributed by atoms with E-state index in [1.807, 2.05) is 13.8 Å². The predicted molar refractivity (Wildman–Crippen MR) is 94.9 cm³/mol. The number of anilines is 1. The van der Waals surface area contributed by atoms with Crippen molar-refractivity contribution in [1.29, 1.82) is 0 Å². The molecule has 0 bridgehead atoms. The molecule has 2 aliphatic rings. The van der Waals surface area contributed by atoms with Crippen molar-refractivity contribution in [1.82, 2.24) is 20.2 Å². The summed E-state index contributed by atoms with van der Waals surface area (Å²) in [5, 5.41) is 2.84. The van der Waals surface area contributed by atoms with Crippen LogP contribution in [0.25, 0.3) is 0 Å². The van der Waals surface area contributed by atoms with Gasteiger partial charge in [0.05, 0.1) is 0 Å². The van der Waals surface area contributed by atoms with E-state index in [1.54, 1.807) is 4.90 Å². The first kappa shape index (κ1) is 17.6. The molecule has 0 radical (unpaired) electrons. The van der Waals surface area contributed by atoms with Gasteiger partial charge < -0.3 is 16.0 Å². The van der Waals surface area contributed by atoms with Crippen LogP contribution in [0.3, 0.4) is 0 Å². The number of carbonyl (C=O) groups excluding carboxylic acids is 2. The summed E-state index contributed by atoms with van der Waals surface area (Å²) in [6, 6.07) is -0.463. The normalized spacial score (nSPS) is 21.6. The third kappa shape index (κ3) is 3.75.